The van der Waals surface area contributed by atoms with Gasteiger partial charge in [-0.2, -0.15) is 0 Å². The number of hydrogen-bond donors (Lipinski definition) is 2. The summed E-state index contributed by atoms with van der Waals surface area (Å²) in [7, 11) is 0. The van der Waals surface area contributed by atoms with E-state index in [1.165, 1.54) is 24.3 Å². The number of nitrogens with zero attached hydrogens (tertiary/aromatic N) is 1. The van der Waals surface area contributed by atoms with E-state index in [-0.39, 0.29) is 47.2 Å². The van der Waals surface area contributed by atoms with Crippen LogP contribution in [0, 0.1) is 31.8 Å². The van der Waals surface area contributed by atoms with Crippen LogP contribution in [0.2, 0.25) is 0 Å². The van der Waals surface area contributed by atoms with Gasteiger partial charge >= 0.3 is 6.16 Å². The molecule has 1 rings (SSSR count). The number of non-ortho nitro benzene ring substituents is 1. The van der Waals surface area contributed by atoms with E-state index >= 15 is 0 Å². The van der Waals surface area contributed by atoms with Crippen LogP contribution >= 0.6 is 0 Å². The fourth-order valence-electron chi connectivity index (χ4n) is 4.86. The number of hydrogen-bond acceptors (Lipinski definition) is 7. The molecule has 10 nitrogen and oxygen atoms in total. The van der Waals surface area contributed by atoms with Crippen molar-refractivity contribution in [2.75, 3.05) is 13.1 Å². The van der Waals surface area contributed by atoms with E-state index < -0.39 is 28.0 Å². The molecule has 1 aromatic carbocycles. The van der Waals surface area contributed by atoms with Crippen LogP contribution in [0.4, 0.5) is 10.5 Å². The molecule has 41 heavy (non-hydrogen) atoms. The Morgan fingerprint density at radius 3 is 1.76 bits per heavy atom. The Morgan fingerprint density at radius 1 is 0.805 bits per heavy atom. The molecule has 2 atom stereocenters. The number of amides is 2. The van der Waals surface area contributed by atoms with Gasteiger partial charge in [0.1, 0.15) is 11.9 Å². The highest BCUT2D eigenvalue weighted by atomic mass is 16.7. The molecule has 0 saturated carbocycles. The van der Waals surface area contributed by atoms with Gasteiger partial charge in [0.25, 0.3) is 5.69 Å². The van der Waals surface area contributed by atoms with Crippen LogP contribution in [-0.2, 0) is 14.3 Å². The van der Waals surface area contributed by atoms with Crippen LogP contribution in [0.3, 0.4) is 0 Å². The molecule has 2 unspecified atom stereocenters. The van der Waals surface area contributed by atoms with Crippen LogP contribution in [0.15, 0.2) is 24.3 Å². The average molecular weight is 578 g/mol. The van der Waals surface area contributed by atoms with Crippen LogP contribution in [0.1, 0.15) is 101 Å². The van der Waals surface area contributed by atoms with E-state index in [1.54, 1.807) is 0 Å². The Balaban J connectivity index is 3.03. The van der Waals surface area contributed by atoms with E-state index in [0.29, 0.717) is 19.3 Å². The molecule has 0 spiro atoms. The van der Waals surface area contributed by atoms with Crippen LogP contribution in [-0.4, -0.2) is 42.1 Å². The van der Waals surface area contributed by atoms with Crippen molar-refractivity contribution < 1.29 is 28.8 Å². The van der Waals surface area contributed by atoms with Gasteiger partial charge < -0.3 is 20.1 Å². The van der Waals surface area contributed by atoms with E-state index in [2.05, 4.69) is 52.2 Å². The molecule has 0 radical (unpaired) electrons. The van der Waals surface area contributed by atoms with E-state index in [1.807, 2.05) is 27.7 Å². The number of carbonyl (C=O) groups excluding carboxylic acids is 3. The van der Waals surface area contributed by atoms with Gasteiger partial charge in [0, 0.05) is 23.0 Å². The lowest BCUT2D eigenvalue weighted by Gasteiger charge is -2.36. The van der Waals surface area contributed by atoms with Crippen molar-refractivity contribution >= 4 is 23.7 Å². The Morgan fingerprint density at radius 2 is 1.29 bits per heavy atom. The Labute approximate surface area is 245 Å². The smallest absolute Gasteiger partial charge is 0.427 e. The minimum absolute atomic E-state index is 0.0294. The van der Waals surface area contributed by atoms with Gasteiger partial charge in [-0.3, -0.25) is 19.7 Å². The normalized spacial score (nSPS) is 14.4. The predicted octanol–water partition coefficient (Wildman–Crippen LogP) is 6.81. The third kappa shape index (κ3) is 11.7. The molecule has 0 saturated heterocycles. The standard InChI is InChI=1S/C31H51N3O7/c1-11-28(4,5)20-30(8,9)25(35)32-18-24(19-33-26(36)31(10,13-3)21-29(6,7)12-2)41-27(37)40-23-16-14-22(15-17-23)34(38)39/h14-17,24H,11-13,18-21H2,1-10H3,(H,32,35)(H,33,36). The highest BCUT2D eigenvalue weighted by molar-refractivity contribution is 5.83. The van der Waals surface area contributed by atoms with E-state index in [0.717, 1.165) is 12.8 Å². The molecule has 0 heterocycles. The fourth-order valence-corrected chi connectivity index (χ4v) is 4.86. The fraction of sp³-hybridized carbons (Fsp3) is 0.710. The average Bonchev–Trinajstić information content (AvgIpc) is 2.89. The summed E-state index contributed by atoms with van der Waals surface area (Å²) in [6, 6.07) is 5.00. The van der Waals surface area contributed by atoms with Crippen molar-refractivity contribution in [2.45, 2.75) is 107 Å². The molecule has 10 heteroatoms. The van der Waals surface area contributed by atoms with Gasteiger partial charge in [0.2, 0.25) is 11.8 Å². The number of nitro benzene ring substituents is 1. The van der Waals surface area contributed by atoms with Crippen LogP contribution in [0.5, 0.6) is 5.75 Å². The van der Waals surface area contributed by atoms with E-state index in [9.17, 15) is 24.5 Å². The van der Waals surface area contributed by atoms with Crippen molar-refractivity contribution in [3.63, 3.8) is 0 Å². The summed E-state index contributed by atoms with van der Waals surface area (Å²) in [5.74, 6) is -0.281. The SMILES string of the molecule is CCC(C)(C)CC(C)(C)C(=O)NCC(CNC(=O)C(C)(CC)CC(C)(C)CC)OC(=O)Oc1ccc([N+](=O)[O-])cc1. The third-order valence-corrected chi connectivity index (χ3v) is 8.14. The zero-order valence-electron chi connectivity index (χ0n) is 26.6. The Bertz CT molecular complexity index is 1050. The maximum atomic E-state index is 13.3. The zero-order chi connectivity index (χ0) is 31.6. The first kappa shape index (κ1) is 35.9. The number of ether oxygens (including phenoxy) is 2. The summed E-state index contributed by atoms with van der Waals surface area (Å²) in [6.07, 6.45) is 1.86. The molecule has 0 aliphatic rings. The lowest BCUT2D eigenvalue weighted by Crippen LogP contribution is -2.49. The summed E-state index contributed by atoms with van der Waals surface area (Å²) < 4.78 is 10.7. The molecule has 0 aliphatic carbocycles. The van der Waals surface area contributed by atoms with E-state index in [4.69, 9.17) is 9.47 Å². The lowest BCUT2D eigenvalue weighted by molar-refractivity contribution is -0.384. The summed E-state index contributed by atoms with van der Waals surface area (Å²) >= 11 is 0. The zero-order valence-corrected chi connectivity index (χ0v) is 26.6. The lowest BCUT2D eigenvalue weighted by atomic mass is 9.71. The van der Waals surface area contributed by atoms with Crippen molar-refractivity contribution in [1.82, 2.24) is 10.6 Å². The molecule has 232 valence electrons. The minimum atomic E-state index is -1.05. The largest absolute Gasteiger partial charge is 0.514 e. The van der Waals surface area contributed by atoms with Crippen molar-refractivity contribution in [1.29, 1.82) is 0 Å². The summed E-state index contributed by atoms with van der Waals surface area (Å²) in [6.45, 7) is 20.3. The minimum Gasteiger partial charge on any atom is -0.427 e. The van der Waals surface area contributed by atoms with Gasteiger partial charge in [0.15, 0.2) is 0 Å². The number of carbonyl (C=O) groups is 3. The van der Waals surface area contributed by atoms with Gasteiger partial charge in [-0.25, -0.2) is 4.79 Å². The van der Waals surface area contributed by atoms with Gasteiger partial charge in [0.05, 0.1) is 18.0 Å². The summed E-state index contributed by atoms with van der Waals surface area (Å²) in [5, 5.41) is 16.7. The molecule has 2 amide bonds. The van der Waals surface area contributed by atoms with Crippen LogP contribution < -0.4 is 15.4 Å². The second kappa shape index (κ2) is 14.6. The maximum Gasteiger partial charge on any atom is 0.514 e. The summed E-state index contributed by atoms with van der Waals surface area (Å²) in [4.78, 5) is 49.4. The van der Waals surface area contributed by atoms with Crippen molar-refractivity contribution in [3.05, 3.63) is 34.4 Å². The molecule has 0 aromatic heterocycles. The second-order valence-corrected chi connectivity index (χ2v) is 13.5. The Kier molecular flexibility index (Phi) is 12.8. The van der Waals surface area contributed by atoms with Crippen LogP contribution in [0.25, 0.3) is 0 Å². The topological polar surface area (TPSA) is 137 Å². The monoisotopic (exact) mass is 577 g/mol. The first-order valence-corrected chi connectivity index (χ1v) is 14.5. The van der Waals surface area contributed by atoms with Crippen molar-refractivity contribution in [3.8, 4) is 5.75 Å². The highest BCUT2D eigenvalue weighted by Crippen LogP contribution is 2.39. The number of nitro groups is 1. The molecule has 0 bridgehead atoms. The molecule has 0 aliphatic heterocycles. The number of rotatable bonds is 16. The second-order valence-electron chi connectivity index (χ2n) is 13.5. The number of benzene rings is 1. The Hall–Kier alpha value is -3.17. The summed E-state index contributed by atoms with van der Waals surface area (Å²) in [5.41, 5.74) is -1.50. The van der Waals surface area contributed by atoms with Gasteiger partial charge in [-0.15, -0.1) is 0 Å². The van der Waals surface area contributed by atoms with Gasteiger partial charge in [-0.1, -0.05) is 82.1 Å². The quantitative estimate of drug-likeness (QED) is 0.0953. The highest BCUT2D eigenvalue weighted by Gasteiger charge is 2.37. The predicted molar refractivity (Wildman–Crippen MR) is 160 cm³/mol. The first-order valence-electron chi connectivity index (χ1n) is 14.5. The molecular weight excluding hydrogens is 526 g/mol. The van der Waals surface area contributed by atoms with Gasteiger partial charge in [-0.05, 0) is 42.2 Å². The first-order chi connectivity index (χ1) is 18.8. The van der Waals surface area contributed by atoms with Crippen molar-refractivity contribution in [2.24, 2.45) is 21.7 Å². The molecular formula is C31H51N3O7. The maximum absolute atomic E-state index is 13.3. The third-order valence-electron chi connectivity index (χ3n) is 8.14. The molecule has 0 fully saturated rings. The number of nitrogens with one attached hydrogen (secondary N) is 2. The molecule has 2 N–H and O–H groups in total. The molecule has 1 aromatic rings.